The molecule has 2 fully saturated rings. The van der Waals surface area contributed by atoms with Gasteiger partial charge < -0.3 is 9.47 Å². The summed E-state index contributed by atoms with van der Waals surface area (Å²) in [5.74, 6) is -0.500. The highest BCUT2D eigenvalue weighted by molar-refractivity contribution is 6.06. The van der Waals surface area contributed by atoms with Crippen molar-refractivity contribution in [3.63, 3.8) is 0 Å². The highest BCUT2D eigenvalue weighted by Crippen LogP contribution is 2.49. The second kappa shape index (κ2) is 7.58. The van der Waals surface area contributed by atoms with Gasteiger partial charge in [-0.1, -0.05) is 12.2 Å². The lowest BCUT2D eigenvalue weighted by atomic mass is 9.63. The lowest BCUT2D eigenvalue weighted by Gasteiger charge is -2.37. The van der Waals surface area contributed by atoms with Crippen LogP contribution in [0.25, 0.3) is 0 Å². The van der Waals surface area contributed by atoms with Gasteiger partial charge in [0.25, 0.3) is 11.8 Å². The third-order valence-corrected chi connectivity index (χ3v) is 5.60. The fourth-order valence-electron chi connectivity index (χ4n) is 4.29. The van der Waals surface area contributed by atoms with Gasteiger partial charge in [-0.05, 0) is 61.4 Å². The number of amides is 2. The number of rotatable bonds is 6. The number of ether oxygens (including phenoxy) is 2. The van der Waals surface area contributed by atoms with E-state index in [-0.39, 0.29) is 42.1 Å². The molecule has 0 unspecified atom stereocenters. The molecule has 0 N–H and O–H groups in total. The van der Waals surface area contributed by atoms with E-state index in [2.05, 4.69) is 17.3 Å². The molecule has 2 amide bonds. The Morgan fingerprint density at radius 3 is 2.25 bits per heavy atom. The number of hydrogen-bond acceptors (Lipinski definition) is 6. The van der Waals surface area contributed by atoms with Gasteiger partial charge in [0, 0.05) is 0 Å². The average Bonchev–Trinajstić information content (AvgIpc) is 2.99. The van der Waals surface area contributed by atoms with Crippen LogP contribution in [0.4, 0.5) is 0 Å². The van der Waals surface area contributed by atoms with Crippen LogP contribution in [-0.2, 0) is 19.1 Å². The minimum absolute atomic E-state index is 0.155. The number of fused-ring (bicyclic) bond motifs is 1. The van der Waals surface area contributed by atoms with Crippen LogP contribution in [0.3, 0.4) is 0 Å². The van der Waals surface area contributed by atoms with Gasteiger partial charge in [0.05, 0.1) is 24.7 Å². The van der Waals surface area contributed by atoms with Crippen LogP contribution in [0.15, 0.2) is 41.5 Å². The van der Waals surface area contributed by atoms with Crippen molar-refractivity contribution in [2.45, 2.75) is 19.8 Å². The van der Waals surface area contributed by atoms with Gasteiger partial charge >= 0.3 is 5.97 Å². The summed E-state index contributed by atoms with van der Waals surface area (Å²) < 4.78 is 10.1. The topological polar surface area (TPSA) is 85.3 Å². The van der Waals surface area contributed by atoms with Crippen molar-refractivity contribution in [3.8, 4) is 5.75 Å². The summed E-state index contributed by atoms with van der Waals surface area (Å²) in [7, 11) is 0. The van der Waals surface area contributed by atoms with E-state index in [4.69, 9.17) is 9.47 Å². The van der Waals surface area contributed by atoms with Crippen LogP contribution < -0.4 is 4.74 Å². The number of carbonyl (C=O) groups is 3. The van der Waals surface area contributed by atoms with E-state index in [9.17, 15) is 14.4 Å². The van der Waals surface area contributed by atoms with Gasteiger partial charge in [0.15, 0.2) is 6.61 Å². The van der Waals surface area contributed by atoms with E-state index in [1.165, 1.54) is 6.21 Å². The van der Waals surface area contributed by atoms with Gasteiger partial charge in [-0.2, -0.15) is 10.1 Å². The van der Waals surface area contributed by atoms with E-state index >= 15 is 0 Å². The van der Waals surface area contributed by atoms with Gasteiger partial charge in [-0.15, -0.1) is 0 Å². The highest BCUT2D eigenvalue weighted by atomic mass is 16.6. The SMILES string of the molecule is CCOC(=O)COc1ccc(/C=N\N2C(=O)[C@H]3[C@H](C2=O)[C@H]2C=C[C@H]3CC2)cc1. The molecule has 1 aliphatic heterocycles. The monoisotopic (exact) mass is 382 g/mol. The van der Waals surface area contributed by atoms with Crippen LogP contribution >= 0.6 is 0 Å². The Bertz CT molecular complexity index is 813. The molecule has 4 aliphatic rings. The molecule has 146 valence electrons. The van der Waals surface area contributed by atoms with E-state index < -0.39 is 5.97 Å². The number of carbonyl (C=O) groups excluding carboxylic acids is 3. The van der Waals surface area contributed by atoms with Crippen molar-refractivity contribution in [1.82, 2.24) is 5.01 Å². The lowest BCUT2D eigenvalue weighted by molar-refractivity contribution is -0.145. The molecule has 0 radical (unpaired) electrons. The fourth-order valence-corrected chi connectivity index (χ4v) is 4.29. The summed E-state index contributed by atoms with van der Waals surface area (Å²) in [6.45, 7) is 1.89. The number of imide groups is 1. The van der Waals surface area contributed by atoms with Crippen LogP contribution in [0.5, 0.6) is 5.75 Å². The Hall–Kier alpha value is -2.96. The zero-order chi connectivity index (χ0) is 19.7. The Morgan fingerprint density at radius 2 is 1.71 bits per heavy atom. The van der Waals surface area contributed by atoms with Gasteiger partial charge in [0.2, 0.25) is 0 Å². The standard InChI is InChI=1S/C21H22N2O5/c1-2-27-17(24)12-28-16-9-3-13(4-10-16)11-22-23-20(25)18-14-5-6-15(8-7-14)19(18)21(23)26/h3-6,9-11,14-15,18-19H,2,7-8,12H2,1H3/b22-11-/t14-,15-,18+,19+/m0/s1. The van der Waals surface area contributed by atoms with Crippen LogP contribution in [0.2, 0.25) is 0 Å². The fraction of sp³-hybridized carbons (Fsp3) is 0.429. The number of benzene rings is 1. The minimum Gasteiger partial charge on any atom is -0.482 e. The molecule has 7 nitrogen and oxygen atoms in total. The molecule has 4 atom stereocenters. The molecule has 1 heterocycles. The van der Waals surface area contributed by atoms with Crippen molar-refractivity contribution in [3.05, 3.63) is 42.0 Å². The Labute approximate surface area is 163 Å². The minimum atomic E-state index is -0.427. The van der Waals surface area contributed by atoms with Crippen LogP contribution in [-0.4, -0.2) is 42.2 Å². The summed E-state index contributed by atoms with van der Waals surface area (Å²) in [4.78, 5) is 36.7. The first-order chi connectivity index (χ1) is 13.6. The number of esters is 1. The molecule has 5 rings (SSSR count). The molecule has 28 heavy (non-hydrogen) atoms. The molecular weight excluding hydrogens is 360 g/mol. The largest absolute Gasteiger partial charge is 0.482 e. The van der Waals surface area contributed by atoms with Gasteiger partial charge in [0.1, 0.15) is 5.75 Å². The lowest BCUT2D eigenvalue weighted by Crippen LogP contribution is -2.38. The number of nitrogens with zero attached hydrogens (tertiary/aromatic N) is 2. The summed E-state index contributed by atoms with van der Waals surface area (Å²) in [6, 6.07) is 6.87. The Balaban J connectivity index is 1.40. The van der Waals surface area contributed by atoms with Crippen molar-refractivity contribution in [2.75, 3.05) is 13.2 Å². The maximum Gasteiger partial charge on any atom is 0.344 e. The molecule has 2 bridgehead atoms. The van der Waals surface area contributed by atoms with Crippen molar-refractivity contribution >= 4 is 24.0 Å². The average molecular weight is 382 g/mol. The molecule has 0 aromatic heterocycles. The summed E-state index contributed by atoms with van der Waals surface area (Å²) in [5, 5.41) is 5.21. The zero-order valence-electron chi connectivity index (χ0n) is 15.6. The van der Waals surface area contributed by atoms with Crippen molar-refractivity contribution in [1.29, 1.82) is 0 Å². The molecular formula is C21H22N2O5. The van der Waals surface area contributed by atoms with Gasteiger partial charge in [-0.3, -0.25) is 9.59 Å². The highest BCUT2D eigenvalue weighted by Gasteiger charge is 2.56. The molecule has 0 spiro atoms. The molecule has 1 aromatic carbocycles. The smallest absolute Gasteiger partial charge is 0.344 e. The molecule has 1 saturated heterocycles. The van der Waals surface area contributed by atoms with E-state index in [1.54, 1.807) is 31.2 Å². The first kappa shape index (κ1) is 18.4. The predicted molar refractivity (Wildman–Crippen MR) is 100 cm³/mol. The molecule has 7 heteroatoms. The Kier molecular flexibility index (Phi) is 4.98. The third-order valence-electron chi connectivity index (χ3n) is 5.60. The zero-order valence-corrected chi connectivity index (χ0v) is 15.6. The first-order valence-electron chi connectivity index (χ1n) is 9.57. The normalized spacial score (nSPS) is 28.1. The second-order valence-electron chi connectivity index (χ2n) is 7.24. The van der Waals surface area contributed by atoms with Crippen LogP contribution in [0.1, 0.15) is 25.3 Å². The second-order valence-corrected chi connectivity index (χ2v) is 7.24. The van der Waals surface area contributed by atoms with Gasteiger partial charge in [-0.25, -0.2) is 4.79 Å². The maximum absolute atomic E-state index is 12.7. The summed E-state index contributed by atoms with van der Waals surface area (Å²) >= 11 is 0. The first-order valence-corrected chi connectivity index (χ1v) is 9.57. The quantitative estimate of drug-likeness (QED) is 0.326. The molecule has 3 aliphatic carbocycles. The van der Waals surface area contributed by atoms with E-state index in [0.29, 0.717) is 12.4 Å². The number of hydrogen-bond donors (Lipinski definition) is 0. The molecule has 1 saturated carbocycles. The van der Waals surface area contributed by atoms with E-state index in [1.807, 2.05) is 0 Å². The predicted octanol–water partition coefficient (Wildman–Crippen LogP) is 2.16. The van der Waals surface area contributed by atoms with Crippen LogP contribution in [0, 0.1) is 23.7 Å². The maximum atomic E-state index is 12.7. The van der Waals surface area contributed by atoms with E-state index in [0.717, 1.165) is 23.4 Å². The molecule has 1 aromatic rings. The summed E-state index contributed by atoms with van der Waals surface area (Å²) in [5.41, 5.74) is 0.722. The third kappa shape index (κ3) is 3.32. The number of allylic oxidation sites excluding steroid dienone is 2. The summed E-state index contributed by atoms with van der Waals surface area (Å²) in [6.07, 6.45) is 7.60. The number of hydrazone groups is 1. The van der Waals surface area contributed by atoms with Crippen molar-refractivity contribution < 1.29 is 23.9 Å². The Morgan fingerprint density at radius 1 is 1.11 bits per heavy atom. The van der Waals surface area contributed by atoms with Crippen molar-refractivity contribution in [2.24, 2.45) is 28.8 Å².